The summed E-state index contributed by atoms with van der Waals surface area (Å²) in [5, 5.41) is 5.01. The van der Waals surface area contributed by atoms with Crippen molar-refractivity contribution in [2.24, 2.45) is 0 Å². The van der Waals surface area contributed by atoms with Crippen molar-refractivity contribution in [2.45, 2.75) is 18.9 Å². The summed E-state index contributed by atoms with van der Waals surface area (Å²) in [5.41, 5.74) is 1.54. The molecular weight excluding hydrogens is 362 g/mol. The number of ether oxygens (including phenoxy) is 1. The molecule has 2 aromatic carbocycles. The third-order valence-corrected chi connectivity index (χ3v) is 4.95. The van der Waals surface area contributed by atoms with E-state index < -0.39 is 0 Å². The van der Waals surface area contributed by atoms with Crippen LogP contribution in [0, 0.1) is 0 Å². The maximum Gasteiger partial charge on any atom is 0.257 e. The van der Waals surface area contributed by atoms with Crippen molar-refractivity contribution >= 4 is 17.5 Å². The van der Waals surface area contributed by atoms with Crippen LogP contribution in [0.15, 0.2) is 67.0 Å². The number of hydrogen-bond donors (Lipinski definition) is 0. The highest BCUT2D eigenvalue weighted by Gasteiger charge is 2.25. The van der Waals surface area contributed by atoms with Gasteiger partial charge in [0, 0.05) is 37.2 Å². The molecule has 0 atom stereocenters. The number of rotatable bonds is 4. The minimum Gasteiger partial charge on any atom is -0.490 e. The van der Waals surface area contributed by atoms with Crippen molar-refractivity contribution in [3.05, 3.63) is 77.6 Å². The van der Waals surface area contributed by atoms with E-state index in [9.17, 15) is 4.79 Å². The summed E-state index contributed by atoms with van der Waals surface area (Å²) < 4.78 is 7.72. The highest BCUT2D eigenvalue weighted by molar-refractivity contribution is 6.30. The molecule has 1 amide bonds. The highest BCUT2D eigenvalue weighted by Crippen LogP contribution is 2.22. The largest absolute Gasteiger partial charge is 0.490 e. The van der Waals surface area contributed by atoms with Crippen LogP contribution in [0.2, 0.25) is 5.02 Å². The Bertz CT molecular complexity index is 901. The Kier molecular flexibility index (Phi) is 5.12. The molecule has 27 heavy (non-hydrogen) atoms. The number of nitrogens with zero attached hydrogens (tertiary/aromatic N) is 3. The molecule has 1 fully saturated rings. The van der Waals surface area contributed by atoms with Crippen molar-refractivity contribution < 1.29 is 9.53 Å². The van der Waals surface area contributed by atoms with Gasteiger partial charge < -0.3 is 9.64 Å². The van der Waals surface area contributed by atoms with Crippen LogP contribution in [0.3, 0.4) is 0 Å². The zero-order valence-corrected chi connectivity index (χ0v) is 15.5. The monoisotopic (exact) mass is 381 g/mol. The molecule has 0 aliphatic carbocycles. The molecule has 0 unspecified atom stereocenters. The van der Waals surface area contributed by atoms with Gasteiger partial charge in [-0.15, -0.1) is 0 Å². The predicted octanol–water partition coefficient (Wildman–Crippen LogP) is 4.21. The zero-order valence-electron chi connectivity index (χ0n) is 14.8. The van der Waals surface area contributed by atoms with E-state index in [1.165, 1.54) is 0 Å². The van der Waals surface area contributed by atoms with Gasteiger partial charge in [0.05, 0.1) is 17.4 Å². The van der Waals surface area contributed by atoms with Gasteiger partial charge in [0.15, 0.2) is 0 Å². The van der Waals surface area contributed by atoms with Crippen LogP contribution < -0.4 is 4.74 Å². The fourth-order valence-electron chi connectivity index (χ4n) is 3.22. The number of carbonyl (C=O) groups excluding carboxylic acids is 1. The highest BCUT2D eigenvalue weighted by atomic mass is 35.5. The molecular formula is C21H20ClN3O2. The molecule has 1 aliphatic rings. The molecule has 5 nitrogen and oxygen atoms in total. The minimum atomic E-state index is 0.0159. The van der Waals surface area contributed by atoms with Crippen molar-refractivity contribution in [1.29, 1.82) is 0 Å². The number of para-hydroxylation sites is 1. The molecule has 0 radical (unpaired) electrons. The fraction of sp³-hybridized carbons (Fsp3) is 0.238. The van der Waals surface area contributed by atoms with Gasteiger partial charge >= 0.3 is 0 Å². The van der Waals surface area contributed by atoms with E-state index >= 15 is 0 Å². The molecule has 2 heterocycles. The second-order valence-corrected chi connectivity index (χ2v) is 7.01. The lowest BCUT2D eigenvalue weighted by Gasteiger charge is -2.32. The topological polar surface area (TPSA) is 47.4 Å². The first-order chi connectivity index (χ1) is 13.2. The zero-order chi connectivity index (χ0) is 18.6. The maximum atomic E-state index is 12.8. The average molecular weight is 382 g/mol. The Morgan fingerprint density at radius 2 is 1.74 bits per heavy atom. The summed E-state index contributed by atoms with van der Waals surface area (Å²) in [7, 11) is 0. The van der Waals surface area contributed by atoms with Gasteiger partial charge in [0.1, 0.15) is 11.9 Å². The first kappa shape index (κ1) is 17.6. The molecule has 3 aromatic rings. The molecule has 1 aromatic heterocycles. The lowest BCUT2D eigenvalue weighted by atomic mass is 10.1. The smallest absolute Gasteiger partial charge is 0.257 e. The van der Waals surface area contributed by atoms with E-state index in [-0.39, 0.29) is 12.0 Å². The number of likely N-dealkylation sites (tertiary alicyclic amines) is 1. The summed E-state index contributed by atoms with van der Waals surface area (Å²) in [5.74, 6) is 0.829. The number of piperidine rings is 1. The van der Waals surface area contributed by atoms with E-state index in [2.05, 4.69) is 5.10 Å². The minimum absolute atomic E-state index is 0.0159. The Labute approximate surface area is 163 Å². The van der Waals surface area contributed by atoms with E-state index in [4.69, 9.17) is 16.3 Å². The number of aromatic nitrogens is 2. The van der Waals surface area contributed by atoms with Crippen LogP contribution in [0.25, 0.3) is 5.69 Å². The van der Waals surface area contributed by atoms with Gasteiger partial charge in [0.2, 0.25) is 0 Å². The number of carbonyl (C=O) groups is 1. The quantitative estimate of drug-likeness (QED) is 0.680. The van der Waals surface area contributed by atoms with E-state index in [1.54, 1.807) is 17.1 Å². The van der Waals surface area contributed by atoms with Crippen LogP contribution in [0.4, 0.5) is 0 Å². The molecule has 0 bridgehead atoms. The van der Waals surface area contributed by atoms with Gasteiger partial charge in [-0.3, -0.25) is 4.79 Å². The van der Waals surface area contributed by atoms with Crippen molar-refractivity contribution in [1.82, 2.24) is 14.7 Å². The van der Waals surface area contributed by atoms with Gasteiger partial charge in [0.25, 0.3) is 5.91 Å². The molecule has 4 rings (SSSR count). The summed E-state index contributed by atoms with van der Waals surface area (Å²) in [6.45, 7) is 1.35. The lowest BCUT2D eigenvalue weighted by Crippen LogP contribution is -2.41. The van der Waals surface area contributed by atoms with Crippen LogP contribution in [-0.2, 0) is 0 Å². The van der Waals surface area contributed by atoms with Gasteiger partial charge in [-0.25, -0.2) is 4.68 Å². The first-order valence-electron chi connectivity index (χ1n) is 9.00. The molecule has 0 N–H and O–H groups in total. The first-order valence-corrected chi connectivity index (χ1v) is 9.38. The number of amides is 1. The third kappa shape index (κ3) is 4.14. The standard InChI is InChI=1S/C21H20ClN3O2/c22-17-6-8-19(9-7-17)27-20-10-12-24(13-11-20)21(26)16-14-23-25(15-16)18-4-2-1-3-5-18/h1-9,14-15,20H,10-13H2. The van der Waals surface area contributed by atoms with Crippen LogP contribution >= 0.6 is 11.6 Å². The SMILES string of the molecule is O=C(c1cnn(-c2ccccc2)c1)N1CCC(Oc2ccc(Cl)cc2)CC1. The third-order valence-electron chi connectivity index (χ3n) is 4.70. The Morgan fingerprint density at radius 3 is 2.44 bits per heavy atom. The van der Waals surface area contributed by atoms with E-state index in [0.29, 0.717) is 23.7 Å². The van der Waals surface area contributed by atoms with E-state index in [1.807, 2.05) is 59.5 Å². The number of hydrogen-bond acceptors (Lipinski definition) is 3. The number of halogens is 1. The maximum absolute atomic E-state index is 12.8. The van der Waals surface area contributed by atoms with Crippen molar-refractivity contribution in [3.8, 4) is 11.4 Å². The molecule has 6 heteroatoms. The van der Waals surface area contributed by atoms with E-state index in [0.717, 1.165) is 24.3 Å². The van der Waals surface area contributed by atoms with Gasteiger partial charge in [-0.1, -0.05) is 29.8 Å². The Morgan fingerprint density at radius 1 is 1.04 bits per heavy atom. The molecule has 138 valence electrons. The predicted molar refractivity (Wildman–Crippen MR) is 105 cm³/mol. The average Bonchev–Trinajstić information content (AvgIpc) is 3.21. The van der Waals surface area contributed by atoms with Gasteiger partial charge in [-0.05, 0) is 36.4 Å². The van der Waals surface area contributed by atoms with Crippen LogP contribution in [0.1, 0.15) is 23.2 Å². The van der Waals surface area contributed by atoms with Gasteiger partial charge in [-0.2, -0.15) is 5.10 Å². The Hall–Kier alpha value is -2.79. The molecule has 1 aliphatic heterocycles. The second-order valence-electron chi connectivity index (χ2n) is 6.57. The molecule has 0 saturated carbocycles. The summed E-state index contributed by atoms with van der Waals surface area (Å²) >= 11 is 5.90. The van der Waals surface area contributed by atoms with Crippen LogP contribution in [-0.4, -0.2) is 39.8 Å². The van der Waals surface area contributed by atoms with Crippen LogP contribution in [0.5, 0.6) is 5.75 Å². The summed E-state index contributed by atoms with van der Waals surface area (Å²) in [4.78, 5) is 14.6. The van der Waals surface area contributed by atoms with Crippen molar-refractivity contribution in [3.63, 3.8) is 0 Å². The molecule has 0 spiro atoms. The normalized spacial score (nSPS) is 14.9. The fourth-order valence-corrected chi connectivity index (χ4v) is 3.35. The summed E-state index contributed by atoms with van der Waals surface area (Å²) in [6, 6.07) is 17.2. The Balaban J connectivity index is 1.35. The lowest BCUT2D eigenvalue weighted by molar-refractivity contribution is 0.0595. The summed E-state index contributed by atoms with van der Waals surface area (Å²) in [6.07, 6.45) is 5.14. The van der Waals surface area contributed by atoms with Crippen molar-refractivity contribution in [2.75, 3.05) is 13.1 Å². The number of benzene rings is 2. The molecule has 1 saturated heterocycles. The second kappa shape index (κ2) is 7.84.